The molecule has 0 saturated heterocycles. The lowest BCUT2D eigenvalue weighted by molar-refractivity contribution is -0.140. The number of carbonyl (C=O) groups is 2. The van der Waals surface area contributed by atoms with Gasteiger partial charge in [-0.25, -0.2) is 14.4 Å². The summed E-state index contributed by atoms with van der Waals surface area (Å²) in [5.74, 6) is -2.42. The number of aliphatic hydroxyl groups excluding tert-OH is 1. The monoisotopic (exact) mass is 500 g/mol. The van der Waals surface area contributed by atoms with Gasteiger partial charge in [0.2, 0.25) is 17.6 Å². The van der Waals surface area contributed by atoms with E-state index in [9.17, 15) is 32.3 Å². The van der Waals surface area contributed by atoms with Crippen LogP contribution in [0.5, 0.6) is 0 Å². The molecule has 0 bridgehead atoms. The number of hydrogen-bond acceptors (Lipinski definition) is 7. The largest absolute Gasteiger partial charge is 0.431 e. The summed E-state index contributed by atoms with van der Waals surface area (Å²) in [4.78, 5) is 32.8. The molecule has 2 amide bonds. The van der Waals surface area contributed by atoms with Crippen LogP contribution < -0.4 is 10.6 Å². The van der Waals surface area contributed by atoms with E-state index in [0.717, 1.165) is 17.5 Å². The topological polar surface area (TPSA) is 117 Å². The van der Waals surface area contributed by atoms with Crippen LogP contribution in [-0.2, 0) is 4.79 Å². The Morgan fingerprint density at radius 3 is 2.65 bits per heavy atom. The van der Waals surface area contributed by atoms with Crippen molar-refractivity contribution in [2.45, 2.75) is 44.1 Å². The Morgan fingerprint density at radius 1 is 1.24 bits per heavy atom. The molecule has 182 valence electrons. The van der Waals surface area contributed by atoms with Crippen molar-refractivity contribution >= 4 is 23.2 Å². The van der Waals surface area contributed by atoms with E-state index in [2.05, 4.69) is 20.6 Å². The van der Waals surface area contributed by atoms with Crippen molar-refractivity contribution in [1.82, 2.24) is 20.6 Å². The molecule has 2 aromatic heterocycles. The molecule has 34 heavy (non-hydrogen) atoms. The summed E-state index contributed by atoms with van der Waals surface area (Å²) >= 11 is 1.03. The van der Waals surface area contributed by atoms with Gasteiger partial charge in [0.1, 0.15) is 23.0 Å². The number of rotatable bonds is 9. The number of aliphatic hydroxyl groups is 1. The van der Waals surface area contributed by atoms with Crippen LogP contribution in [-0.4, -0.2) is 45.1 Å². The summed E-state index contributed by atoms with van der Waals surface area (Å²) in [5.41, 5.74) is 0.300. The lowest BCUT2D eigenvalue weighted by Gasteiger charge is -2.25. The number of benzene rings is 1. The Hall–Kier alpha value is -3.32. The van der Waals surface area contributed by atoms with E-state index in [-0.39, 0.29) is 16.7 Å². The summed E-state index contributed by atoms with van der Waals surface area (Å²) in [6.45, 7) is 1.31. The first-order valence-electron chi connectivity index (χ1n) is 10.0. The molecule has 0 radical (unpaired) electrons. The standard InChI is InChI=1S/C21H20F4N4O4S/c1-11(28-18(32)15-10-27-19(33-15)12-3-2-4-13(22)9-12)17(31)29-14(5-6-21(23,24)25)16(30)20-26-7-8-34-20/h2-4,7-11,14,16,30H,5-6H2,1H3,(H,28,32)(H,29,31)/t11-,14-,16?/m0/s1. The highest BCUT2D eigenvalue weighted by atomic mass is 32.1. The minimum Gasteiger partial charge on any atom is -0.431 e. The number of thiazole rings is 1. The highest BCUT2D eigenvalue weighted by Gasteiger charge is 2.33. The molecule has 1 unspecified atom stereocenters. The van der Waals surface area contributed by atoms with Gasteiger partial charge in [0, 0.05) is 23.6 Å². The van der Waals surface area contributed by atoms with Gasteiger partial charge in [-0.3, -0.25) is 9.59 Å². The minimum absolute atomic E-state index is 0.0134. The predicted molar refractivity (Wildman–Crippen MR) is 113 cm³/mol. The number of aromatic nitrogens is 2. The van der Waals surface area contributed by atoms with Gasteiger partial charge in [-0.05, 0) is 31.5 Å². The summed E-state index contributed by atoms with van der Waals surface area (Å²) in [5, 5.41) is 16.8. The van der Waals surface area contributed by atoms with Gasteiger partial charge in [0.15, 0.2) is 0 Å². The molecule has 0 fully saturated rings. The quantitative estimate of drug-likeness (QED) is 0.387. The number of amides is 2. The molecule has 8 nitrogen and oxygen atoms in total. The third-order valence-corrected chi connectivity index (χ3v) is 5.54. The molecule has 0 aliphatic rings. The molecule has 13 heteroatoms. The van der Waals surface area contributed by atoms with Crippen molar-refractivity contribution in [1.29, 1.82) is 0 Å². The average molecular weight is 500 g/mol. The van der Waals surface area contributed by atoms with E-state index < -0.39 is 54.8 Å². The van der Waals surface area contributed by atoms with Crippen molar-refractivity contribution in [2.24, 2.45) is 0 Å². The second kappa shape index (κ2) is 10.7. The molecule has 0 aliphatic heterocycles. The van der Waals surface area contributed by atoms with Crippen molar-refractivity contribution < 1.29 is 36.7 Å². The zero-order valence-electron chi connectivity index (χ0n) is 17.7. The maximum Gasteiger partial charge on any atom is 0.389 e. The summed E-state index contributed by atoms with van der Waals surface area (Å²) in [6, 6.07) is 2.89. The molecule has 0 aliphatic carbocycles. The lowest BCUT2D eigenvalue weighted by Crippen LogP contribution is -2.49. The van der Waals surface area contributed by atoms with Crippen LogP contribution in [0.25, 0.3) is 11.5 Å². The molecule has 2 heterocycles. The second-order valence-corrected chi connectivity index (χ2v) is 8.25. The van der Waals surface area contributed by atoms with Gasteiger partial charge in [0.05, 0.1) is 12.2 Å². The Balaban J connectivity index is 1.64. The van der Waals surface area contributed by atoms with Gasteiger partial charge >= 0.3 is 6.18 Å². The van der Waals surface area contributed by atoms with Crippen LogP contribution in [0, 0.1) is 5.82 Å². The van der Waals surface area contributed by atoms with Crippen LogP contribution in [0.2, 0.25) is 0 Å². The van der Waals surface area contributed by atoms with Crippen LogP contribution in [0.15, 0.2) is 46.5 Å². The highest BCUT2D eigenvalue weighted by molar-refractivity contribution is 7.09. The van der Waals surface area contributed by atoms with E-state index in [4.69, 9.17) is 4.42 Å². The number of nitrogens with zero attached hydrogens (tertiary/aromatic N) is 2. The maximum atomic E-state index is 13.4. The van der Waals surface area contributed by atoms with Gasteiger partial charge in [-0.1, -0.05) is 6.07 Å². The van der Waals surface area contributed by atoms with Gasteiger partial charge in [0.25, 0.3) is 5.91 Å². The van der Waals surface area contributed by atoms with Gasteiger partial charge in [-0.15, -0.1) is 11.3 Å². The number of halogens is 4. The molecule has 3 rings (SSSR count). The Kier molecular flexibility index (Phi) is 7.99. The number of nitrogens with one attached hydrogen (secondary N) is 2. The average Bonchev–Trinajstić information content (AvgIpc) is 3.48. The number of alkyl halides is 3. The fourth-order valence-corrected chi connectivity index (χ4v) is 3.64. The molecular weight excluding hydrogens is 480 g/mol. The molecule has 1 aromatic carbocycles. The maximum absolute atomic E-state index is 13.4. The SMILES string of the molecule is C[C@H](NC(=O)c1cnc(-c2cccc(F)c2)o1)C(=O)N[C@@H](CCC(F)(F)F)C(O)c1nccs1. The van der Waals surface area contributed by atoms with E-state index in [1.165, 1.54) is 37.4 Å². The molecule has 3 aromatic rings. The minimum atomic E-state index is -4.49. The molecule has 0 spiro atoms. The number of carbonyl (C=O) groups excluding carboxylic acids is 2. The van der Waals surface area contributed by atoms with E-state index in [0.29, 0.717) is 5.56 Å². The van der Waals surface area contributed by atoms with E-state index >= 15 is 0 Å². The fraction of sp³-hybridized carbons (Fsp3) is 0.333. The first-order valence-corrected chi connectivity index (χ1v) is 10.9. The first-order chi connectivity index (χ1) is 16.0. The molecular formula is C21H20F4N4O4S. The van der Waals surface area contributed by atoms with E-state index in [1.807, 2.05) is 0 Å². The normalized spacial score (nSPS) is 14.3. The second-order valence-electron chi connectivity index (χ2n) is 7.32. The van der Waals surface area contributed by atoms with Crippen LogP contribution in [0.3, 0.4) is 0 Å². The van der Waals surface area contributed by atoms with Crippen molar-refractivity contribution in [3.63, 3.8) is 0 Å². The van der Waals surface area contributed by atoms with Crippen LogP contribution in [0.1, 0.15) is 41.4 Å². The zero-order valence-corrected chi connectivity index (χ0v) is 18.5. The Morgan fingerprint density at radius 2 is 2.00 bits per heavy atom. The van der Waals surface area contributed by atoms with Crippen LogP contribution in [0.4, 0.5) is 17.6 Å². The third-order valence-electron chi connectivity index (χ3n) is 4.69. The summed E-state index contributed by atoms with van der Waals surface area (Å²) in [6.07, 6.45) is -5.30. The predicted octanol–water partition coefficient (Wildman–Crippen LogP) is 3.62. The number of hydrogen-bond donors (Lipinski definition) is 3. The molecule has 3 N–H and O–H groups in total. The van der Waals surface area contributed by atoms with Crippen molar-refractivity contribution in [3.05, 3.63) is 58.6 Å². The van der Waals surface area contributed by atoms with Crippen molar-refractivity contribution in [3.8, 4) is 11.5 Å². The van der Waals surface area contributed by atoms with Crippen LogP contribution >= 0.6 is 11.3 Å². The first kappa shape index (κ1) is 25.3. The fourth-order valence-electron chi connectivity index (χ4n) is 2.96. The third kappa shape index (κ3) is 6.84. The molecule has 3 atom stereocenters. The summed E-state index contributed by atoms with van der Waals surface area (Å²) in [7, 11) is 0. The van der Waals surface area contributed by atoms with Gasteiger partial charge < -0.3 is 20.2 Å². The lowest BCUT2D eigenvalue weighted by atomic mass is 10.0. The Bertz CT molecular complexity index is 1120. The Labute approximate surface area is 195 Å². The molecule has 0 saturated carbocycles. The zero-order chi connectivity index (χ0) is 24.9. The van der Waals surface area contributed by atoms with E-state index in [1.54, 1.807) is 5.38 Å². The van der Waals surface area contributed by atoms with Gasteiger partial charge in [-0.2, -0.15) is 13.2 Å². The van der Waals surface area contributed by atoms with Crippen molar-refractivity contribution in [2.75, 3.05) is 0 Å². The number of oxazole rings is 1. The summed E-state index contributed by atoms with van der Waals surface area (Å²) < 4.78 is 56.9. The highest BCUT2D eigenvalue weighted by Crippen LogP contribution is 2.27. The smallest absolute Gasteiger partial charge is 0.389 e.